The van der Waals surface area contributed by atoms with E-state index in [2.05, 4.69) is 36.6 Å². The molecule has 2 fully saturated rings. The minimum absolute atomic E-state index is 0.0967. The third-order valence-corrected chi connectivity index (χ3v) is 19.6. The predicted molar refractivity (Wildman–Crippen MR) is 303 cm³/mol. The van der Waals surface area contributed by atoms with Crippen LogP contribution in [-0.4, -0.2) is 128 Å². The average molecular weight is 1140 g/mol. The van der Waals surface area contributed by atoms with Gasteiger partial charge in [0.2, 0.25) is 5.91 Å². The number of H-pyrrole nitrogens is 1. The highest BCUT2D eigenvalue weighted by molar-refractivity contribution is 7.62. The van der Waals surface area contributed by atoms with Crippen LogP contribution in [0.4, 0.5) is 10.2 Å². The number of nitrogens with one attached hydrogen (secondary N) is 3. The molecule has 0 spiro atoms. The molecule has 2 aliphatic rings. The van der Waals surface area contributed by atoms with E-state index in [1.165, 1.54) is 24.4 Å². The normalized spacial score (nSPS) is 21.0. The summed E-state index contributed by atoms with van der Waals surface area (Å²) < 4.78 is 75.0. The average Bonchev–Trinajstić information content (AvgIpc) is 3.25. The number of aromatic nitrogens is 6. The number of imidazole rings is 1. The number of ether oxygens (including phenoxy) is 6. The number of hydrogen-bond acceptors (Lipinski definition) is 15. The van der Waals surface area contributed by atoms with Crippen molar-refractivity contribution in [1.29, 1.82) is 5.26 Å². The first-order valence-corrected chi connectivity index (χ1v) is 28.7. The molecule has 0 bridgehead atoms. The van der Waals surface area contributed by atoms with Crippen LogP contribution in [-0.2, 0) is 33.9 Å². The van der Waals surface area contributed by atoms with Crippen molar-refractivity contribution in [3.05, 3.63) is 177 Å². The molecule has 3 aromatic heterocycles. The first-order valence-electron chi connectivity index (χ1n) is 26.9. The van der Waals surface area contributed by atoms with E-state index in [0.717, 1.165) is 33.5 Å². The molecule has 2 saturated heterocycles. The molecule has 430 valence electrons. The van der Waals surface area contributed by atoms with Crippen molar-refractivity contribution in [2.45, 2.75) is 100 Å². The van der Waals surface area contributed by atoms with Gasteiger partial charge in [0.25, 0.3) is 11.5 Å². The summed E-state index contributed by atoms with van der Waals surface area (Å²) in [5, 5.41) is 15.6. The number of halogens is 1. The highest BCUT2D eigenvalue weighted by Crippen LogP contribution is 2.61. The van der Waals surface area contributed by atoms with Crippen LogP contribution >= 0.6 is 7.29 Å². The number of benzene rings is 4. The molecule has 0 unspecified atom stereocenters. The van der Waals surface area contributed by atoms with Crippen LogP contribution in [0.5, 0.6) is 11.5 Å². The van der Waals surface area contributed by atoms with Crippen LogP contribution in [0.3, 0.4) is 0 Å². The van der Waals surface area contributed by atoms with Crippen molar-refractivity contribution in [3.8, 4) is 17.6 Å². The number of nitrogens with zero attached hydrogens (tertiary/aromatic N) is 7. The standard InChI is InChI=1S/C59H66FN10O11P/c1-36(2)82(75,37(3)4)70(29-14-28-61)51-45(80-56(49(51)60)68-30-27-47(71)66-58(68)74)32-62-48(72)31-44-46(81-57(52(44)78-7)69-35-65-50-53(63-34-64-54(50)69)67-55(73)38-15-10-8-11-16-38)33-79-59(39-17-12-9-13-18-39,40-19-23-42(76-5)24-20-40)41-21-25-43(77-6)26-22-41/h8-13,15-27,30,34-37,44-46,49,51-52,56-57H,14,29,31-33H2,1-7H3,(H,62,72)(H,66,71,74)(H,63,64,67,73)/t44-,45-,46-,49-,51-,52-,56-,57-/m1/s1. The number of carbonyl (C=O) groups excluding carboxylic acids is 2. The molecular weight excluding hydrogens is 1070 g/mol. The van der Waals surface area contributed by atoms with Crippen molar-refractivity contribution in [1.82, 2.24) is 39.1 Å². The lowest BCUT2D eigenvalue weighted by atomic mass is 9.79. The fourth-order valence-electron chi connectivity index (χ4n) is 11.3. The highest BCUT2D eigenvalue weighted by atomic mass is 31.2. The molecule has 23 heteroatoms. The molecule has 2 aliphatic heterocycles. The molecule has 4 aromatic carbocycles. The van der Waals surface area contributed by atoms with Crippen LogP contribution in [0.1, 0.15) is 80.0 Å². The van der Waals surface area contributed by atoms with Crippen LogP contribution in [0.2, 0.25) is 0 Å². The third kappa shape index (κ3) is 11.6. The first kappa shape index (κ1) is 58.7. The molecule has 82 heavy (non-hydrogen) atoms. The zero-order valence-corrected chi connectivity index (χ0v) is 47.4. The zero-order chi connectivity index (χ0) is 58.3. The number of rotatable bonds is 23. The van der Waals surface area contributed by atoms with E-state index in [1.54, 1.807) is 76.8 Å². The number of alkyl halides is 1. The van der Waals surface area contributed by atoms with E-state index in [4.69, 9.17) is 28.4 Å². The summed E-state index contributed by atoms with van der Waals surface area (Å²) in [5.41, 5.74) is -0.747. The Bertz CT molecular complexity index is 3480. The van der Waals surface area contributed by atoms with Gasteiger partial charge in [0, 0.05) is 68.1 Å². The Morgan fingerprint density at radius 3 is 2.01 bits per heavy atom. The van der Waals surface area contributed by atoms with Crippen molar-refractivity contribution >= 4 is 36.1 Å². The van der Waals surface area contributed by atoms with E-state index in [-0.39, 0.29) is 49.5 Å². The summed E-state index contributed by atoms with van der Waals surface area (Å²) in [6.07, 6.45) is -4.17. The SMILES string of the molecule is COc1ccc(C(OC[C@H]2O[C@@H](n3cnc4c(NC(=O)c5ccccc5)ncnc43)[C@H](OC)[C@@H]2CC(=O)NC[C@H]2O[C@@H](n3ccc(=O)[nH]c3=O)[C@H](F)[C@@H]2N(CCC#N)P(=O)(C(C)C)C(C)C)(c2ccccc2)c2ccc(OC)cc2)cc1. The minimum atomic E-state index is -3.52. The summed E-state index contributed by atoms with van der Waals surface area (Å²) >= 11 is 0. The maximum atomic E-state index is 17.5. The summed E-state index contributed by atoms with van der Waals surface area (Å²) in [6.45, 7) is 6.50. The molecule has 0 radical (unpaired) electrons. The first-order chi connectivity index (χ1) is 39.6. The summed E-state index contributed by atoms with van der Waals surface area (Å²) in [6, 6.07) is 35.2. The highest BCUT2D eigenvalue weighted by Gasteiger charge is 2.55. The van der Waals surface area contributed by atoms with Gasteiger partial charge in [0.15, 0.2) is 42.9 Å². The monoisotopic (exact) mass is 1140 g/mol. The number of anilines is 1. The van der Waals surface area contributed by atoms with Crippen LogP contribution < -0.4 is 31.4 Å². The van der Waals surface area contributed by atoms with E-state index in [1.807, 2.05) is 78.9 Å². The van der Waals surface area contributed by atoms with Gasteiger partial charge in [-0.1, -0.05) is 100 Å². The Morgan fingerprint density at radius 2 is 1.43 bits per heavy atom. The third-order valence-electron chi connectivity index (χ3n) is 15.3. The van der Waals surface area contributed by atoms with Gasteiger partial charge in [0.05, 0.1) is 51.5 Å². The van der Waals surface area contributed by atoms with Gasteiger partial charge in [-0.15, -0.1) is 0 Å². The van der Waals surface area contributed by atoms with Crippen LogP contribution in [0, 0.1) is 17.2 Å². The minimum Gasteiger partial charge on any atom is -0.497 e. The molecular formula is C59H66FN10O11P. The smallest absolute Gasteiger partial charge is 0.330 e. The van der Waals surface area contributed by atoms with Crippen molar-refractivity contribution < 1.29 is 47.0 Å². The van der Waals surface area contributed by atoms with Gasteiger partial charge in [0.1, 0.15) is 29.5 Å². The molecule has 2 amide bonds. The van der Waals surface area contributed by atoms with Gasteiger partial charge >= 0.3 is 5.69 Å². The molecule has 8 atom stereocenters. The lowest BCUT2D eigenvalue weighted by Gasteiger charge is -2.42. The van der Waals surface area contributed by atoms with Crippen LogP contribution in [0.15, 0.2) is 144 Å². The number of aromatic amines is 1. The molecule has 0 aliphatic carbocycles. The van der Waals surface area contributed by atoms with Gasteiger partial charge in [-0.3, -0.25) is 28.5 Å². The molecule has 7 aromatic rings. The second kappa shape index (κ2) is 25.5. The van der Waals surface area contributed by atoms with Crippen molar-refractivity contribution in [2.75, 3.05) is 46.3 Å². The Balaban J connectivity index is 1.09. The molecule has 9 rings (SSSR count). The fraction of sp³-hybridized carbons (Fsp3) is 0.390. The molecule has 0 saturated carbocycles. The maximum Gasteiger partial charge on any atom is 0.330 e. The van der Waals surface area contributed by atoms with E-state index >= 15 is 8.96 Å². The lowest BCUT2D eigenvalue weighted by Crippen LogP contribution is -2.50. The summed E-state index contributed by atoms with van der Waals surface area (Å²) in [7, 11) is 1.14. The largest absolute Gasteiger partial charge is 0.497 e. The van der Waals surface area contributed by atoms with E-state index in [9.17, 15) is 24.4 Å². The second-order valence-corrected chi connectivity index (χ2v) is 24.5. The number of hydrogen-bond donors (Lipinski definition) is 3. The van der Waals surface area contributed by atoms with E-state index < -0.39 is 96.2 Å². The molecule has 5 heterocycles. The number of fused-ring (bicyclic) bond motifs is 1. The number of carbonyl (C=O) groups is 2. The fourth-order valence-corrected chi connectivity index (χ4v) is 14.8. The Labute approximate surface area is 473 Å². The Hall–Kier alpha value is -7.90. The summed E-state index contributed by atoms with van der Waals surface area (Å²) in [4.78, 5) is 69.4. The van der Waals surface area contributed by atoms with Crippen molar-refractivity contribution in [3.63, 3.8) is 0 Å². The number of methoxy groups -OCH3 is 3. The quantitative estimate of drug-likeness (QED) is 0.0411. The lowest BCUT2D eigenvalue weighted by molar-refractivity contribution is -0.125. The Kier molecular flexibility index (Phi) is 18.3. The number of amides is 2. The van der Waals surface area contributed by atoms with Crippen LogP contribution in [0.25, 0.3) is 11.2 Å². The zero-order valence-electron chi connectivity index (χ0n) is 46.5. The predicted octanol–water partition coefficient (Wildman–Crippen LogP) is 7.60. The topological polar surface area (TPSA) is 256 Å². The van der Waals surface area contributed by atoms with Gasteiger partial charge in [-0.25, -0.2) is 28.8 Å². The molecule has 3 N–H and O–H groups in total. The van der Waals surface area contributed by atoms with E-state index in [0.29, 0.717) is 17.1 Å². The Morgan fingerprint density at radius 1 is 0.817 bits per heavy atom. The second-order valence-electron chi connectivity index (χ2n) is 20.6. The van der Waals surface area contributed by atoms with Crippen molar-refractivity contribution in [2.24, 2.45) is 5.92 Å². The summed E-state index contributed by atoms with van der Waals surface area (Å²) in [5.74, 6) is -0.365. The van der Waals surface area contributed by atoms with Gasteiger partial charge in [-0.2, -0.15) is 5.26 Å². The molecule has 21 nitrogen and oxygen atoms in total. The number of nitriles is 1. The van der Waals surface area contributed by atoms with Gasteiger partial charge < -0.3 is 43.6 Å². The maximum absolute atomic E-state index is 17.5. The van der Waals surface area contributed by atoms with Gasteiger partial charge in [-0.05, 0) is 53.1 Å².